The van der Waals surface area contributed by atoms with E-state index in [0.717, 1.165) is 0 Å². The van der Waals surface area contributed by atoms with Gasteiger partial charge in [0.2, 0.25) is 0 Å². The molecule has 5 heteroatoms. The van der Waals surface area contributed by atoms with E-state index in [1.165, 1.54) is 0 Å². The van der Waals surface area contributed by atoms with Crippen molar-refractivity contribution < 1.29 is 14.9 Å². The van der Waals surface area contributed by atoms with Crippen molar-refractivity contribution in [1.29, 1.82) is 5.26 Å². The van der Waals surface area contributed by atoms with E-state index in [-0.39, 0.29) is 25.2 Å². The monoisotopic (exact) mass is 278 g/mol. The van der Waals surface area contributed by atoms with Crippen molar-refractivity contribution in [3.63, 3.8) is 0 Å². The first-order valence-corrected chi connectivity index (χ1v) is 6.72. The summed E-state index contributed by atoms with van der Waals surface area (Å²) in [6.07, 6.45) is -0.626. The van der Waals surface area contributed by atoms with Gasteiger partial charge >= 0.3 is 0 Å². The van der Waals surface area contributed by atoms with Gasteiger partial charge in [0.1, 0.15) is 18.5 Å². The molecule has 0 fully saturated rings. The number of aliphatic hydroxyl groups excluding tert-OH is 2. The summed E-state index contributed by atoms with van der Waals surface area (Å²) in [5.41, 5.74) is 0.575. The normalized spacial score (nSPS) is 15.2. The molecule has 0 amide bonds. The number of nitrogens with one attached hydrogen (secondary N) is 1. The fourth-order valence-electron chi connectivity index (χ4n) is 1.56. The molecule has 0 spiro atoms. The molecule has 110 valence electrons. The van der Waals surface area contributed by atoms with Gasteiger partial charge in [-0.1, -0.05) is 6.92 Å². The molecule has 3 unspecified atom stereocenters. The molecule has 20 heavy (non-hydrogen) atoms. The van der Waals surface area contributed by atoms with Crippen molar-refractivity contribution in [3.8, 4) is 11.8 Å². The lowest BCUT2D eigenvalue weighted by molar-refractivity contribution is 0.0992. The van der Waals surface area contributed by atoms with Crippen LogP contribution >= 0.6 is 0 Å². The van der Waals surface area contributed by atoms with Gasteiger partial charge in [0.05, 0.1) is 11.6 Å². The highest BCUT2D eigenvalue weighted by Gasteiger charge is 2.12. The summed E-state index contributed by atoms with van der Waals surface area (Å²) < 4.78 is 5.44. The molecule has 0 radical (unpaired) electrons. The van der Waals surface area contributed by atoms with E-state index < -0.39 is 6.10 Å². The van der Waals surface area contributed by atoms with Crippen molar-refractivity contribution in [3.05, 3.63) is 29.8 Å². The maximum absolute atomic E-state index is 9.81. The zero-order valence-electron chi connectivity index (χ0n) is 11.9. The van der Waals surface area contributed by atoms with E-state index in [4.69, 9.17) is 15.1 Å². The summed E-state index contributed by atoms with van der Waals surface area (Å²) in [4.78, 5) is 0. The molecule has 5 nitrogen and oxygen atoms in total. The molecule has 0 bridgehead atoms. The van der Waals surface area contributed by atoms with E-state index in [2.05, 4.69) is 5.32 Å². The lowest BCUT2D eigenvalue weighted by atomic mass is 10.1. The highest BCUT2D eigenvalue weighted by Crippen LogP contribution is 2.11. The summed E-state index contributed by atoms with van der Waals surface area (Å²) in [6.45, 7) is 4.61. The van der Waals surface area contributed by atoms with Crippen LogP contribution in [0.4, 0.5) is 0 Å². The highest BCUT2D eigenvalue weighted by atomic mass is 16.5. The largest absolute Gasteiger partial charge is 0.491 e. The molecule has 0 aliphatic heterocycles. The SMILES string of the molecule is CC(CO)C(C)NCC(O)COc1ccc(C#N)cc1. The number of aliphatic hydroxyl groups is 2. The van der Waals surface area contributed by atoms with Crippen LogP contribution in [0.1, 0.15) is 19.4 Å². The third-order valence-corrected chi connectivity index (χ3v) is 3.24. The zero-order chi connectivity index (χ0) is 15.0. The van der Waals surface area contributed by atoms with Gasteiger partial charge in [-0.3, -0.25) is 0 Å². The van der Waals surface area contributed by atoms with Crippen LogP contribution in [0.3, 0.4) is 0 Å². The number of rotatable bonds is 8. The van der Waals surface area contributed by atoms with E-state index >= 15 is 0 Å². The molecular formula is C15H22N2O3. The predicted molar refractivity (Wildman–Crippen MR) is 76.4 cm³/mol. The highest BCUT2D eigenvalue weighted by molar-refractivity contribution is 5.34. The first-order chi connectivity index (χ1) is 9.56. The van der Waals surface area contributed by atoms with Crippen LogP contribution in [0.5, 0.6) is 5.75 Å². The minimum atomic E-state index is -0.626. The molecule has 1 rings (SSSR count). The molecule has 0 heterocycles. The second-order valence-electron chi connectivity index (χ2n) is 4.96. The molecule has 0 saturated carbocycles. The number of hydrogen-bond acceptors (Lipinski definition) is 5. The van der Waals surface area contributed by atoms with Gasteiger partial charge in [-0.2, -0.15) is 5.26 Å². The second kappa shape index (κ2) is 8.54. The quantitative estimate of drug-likeness (QED) is 0.658. The topological polar surface area (TPSA) is 85.5 Å². The lowest BCUT2D eigenvalue weighted by Gasteiger charge is -2.21. The number of benzene rings is 1. The second-order valence-corrected chi connectivity index (χ2v) is 4.96. The third kappa shape index (κ3) is 5.57. The molecule has 0 aliphatic rings. The summed E-state index contributed by atoms with van der Waals surface area (Å²) >= 11 is 0. The summed E-state index contributed by atoms with van der Waals surface area (Å²) in [7, 11) is 0. The minimum absolute atomic E-state index is 0.117. The molecule has 1 aromatic carbocycles. The van der Waals surface area contributed by atoms with Crippen LogP contribution in [0, 0.1) is 17.2 Å². The van der Waals surface area contributed by atoms with Gasteiger partial charge in [-0.05, 0) is 37.1 Å². The van der Waals surface area contributed by atoms with E-state index in [1.807, 2.05) is 19.9 Å². The van der Waals surface area contributed by atoms with Crippen LogP contribution in [0.2, 0.25) is 0 Å². The summed E-state index contributed by atoms with van der Waals surface area (Å²) in [6, 6.07) is 8.91. The van der Waals surface area contributed by atoms with Crippen molar-refractivity contribution in [2.24, 2.45) is 5.92 Å². The van der Waals surface area contributed by atoms with Crippen LogP contribution in [0.25, 0.3) is 0 Å². The maximum atomic E-state index is 9.81. The average Bonchev–Trinajstić information content (AvgIpc) is 2.50. The van der Waals surface area contributed by atoms with Gasteiger partial charge in [-0.25, -0.2) is 0 Å². The van der Waals surface area contributed by atoms with E-state index in [0.29, 0.717) is 17.9 Å². The van der Waals surface area contributed by atoms with Gasteiger partial charge in [0.25, 0.3) is 0 Å². The summed E-state index contributed by atoms with van der Waals surface area (Å²) in [5.74, 6) is 0.765. The van der Waals surface area contributed by atoms with Gasteiger partial charge in [-0.15, -0.1) is 0 Å². The number of nitrogens with zero attached hydrogens (tertiary/aromatic N) is 1. The van der Waals surface area contributed by atoms with Gasteiger partial charge in [0, 0.05) is 19.2 Å². The molecule has 0 aliphatic carbocycles. The van der Waals surface area contributed by atoms with Crippen molar-refractivity contribution in [2.75, 3.05) is 19.8 Å². The molecule has 3 N–H and O–H groups in total. The van der Waals surface area contributed by atoms with Gasteiger partial charge in [0.15, 0.2) is 0 Å². The Kier molecular flexibility index (Phi) is 7.02. The number of nitriles is 1. The predicted octanol–water partition coefficient (Wildman–Crippen LogP) is 0.904. The van der Waals surface area contributed by atoms with Crippen LogP contribution in [-0.4, -0.2) is 42.1 Å². The first-order valence-electron chi connectivity index (χ1n) is 6.72. The molecular weight excluding hydrogens is 256 g/mol. The van der Waals surface area contributed by atoms with Crippen LogP contribution < -0.4 is 10.1 Å². The lowest BCUT2D eigenvalue weighted by Crippen LogP contribution is -2.40. The fraction of sp³-hybridized carbons (Fsp3) is 0.533. The first kappa shape index (κ1) is 16.4. The third-order valence-electron chi connectivity index (χ3n) is 3.24. The Hall–Kier alpha value is -1.61. The summed E-state index contributed by atoms with van der Waals surface area (Å²) in [5, 5.41) is 30.7. The number of ether oxygens (including phenoxy) is 1. The van der Waals surface area contributed by atoms with Crippen LogP contribution in [-0.2, 0) is 0 Å². The van der Waals surface area contributed by atoms with Crippen molar-refractivity contribution in [2.45, 2.75) is 26.0 Å². The average molecular weight is 278 g/mol. The number of hydrogen-bond donors (Lipinski definition) is 3. The molecule has 0 aromatic heterocycles. The minimum Gasteiger partial charge on any atom is -0.491 e. The van der Waals surface area contributed by atoms with Crippen molar-refractivity contribution in [1.82, 2.24) is 5.32 Å². The Labute approximate surface area is 119 Å². The smallest absolute Gasteiger partial charge is 0.119 e. The Morgan fingerprint density at radius 1 is 1.30 bits per heavy atom. The molecule has 1 aromatic rings. The van der Waals surface area contributed by atoms with Crippen LogP contribution in [0.15, 0.2) is 24.3 Å². The van der Waals surface area contributed by atoms with Crippen molar-refractivity contribution >= 4 is 0 Å². The zero-order valence-corrected chi connectivity index (χ0v) is 11.9. The Bertz CT molecular complexity index is 428. The molecule has 0 saturated heterocycles. The Morgan fingerprint density at radius 3 is 2.50 bits per heavy atom. The van der Waals surface area contributed by atoms with E-state index in [1.54, 1.807) is 24.3 Å². The maximum Gasteiger partial charge on any atom is 0.119 e. The Morgan fingerprint density at radius 2 is 1.95 bits per heavy atom. The standard InChI is InChI=1S/C15H22N2O3/c1-11(9-18)12(2)17-8-14(19)10-20-15-5-3-13(7-16)4-6-15/h3-6,11-12,14,17-19H,8-10H2,1-2H3. The molecule has 3 atom stereocenters. The van der Waals surface area contributed by atoms with E-state index in [9.17, 15) is 5.11 Å². The van der Waals surface area contributed by atoms with Gasteiger partial charge < -0.3 is 20.3 Å². The Balaban J connectivity index is 2.29. The fourth-order valence-corrected chi connectivity index (χ4v) is 1.56.